The van der Waals surface area contributed by atoms with Crippen molar-refractivity contribution in [2.75, 3.05) is 6.61 Å². The number of aliphatic hydroxyl groups is 1. The second-order valence-electron chi connectivity index (χ2n) is 7.79. The number of aliphatic hydroxyl groups excluding tert-OH is 1. The molecule has 3 heterocycles. The van der Waals surface area contributed by atoms with E-state index in [1.807, 2.05) is 11.8 Å². The lowest BCUT2D eigenvalue weighted by Crippen LogP contribution is -2.42. The van der Waals surface area contributed by atoms with Gasteiger partial charge in [0.05, 0.1) is 6.61 Å². The van der Waals surface area contributed by atoms with E-state index in [1.165, 1.54) is 0 Å². The normalized spacial score (nSPS) is 31.6. The fourth-order valence-corrected chi connectivity index (χ4v) is 5.38. The van der Waals surface area contributed by atoms with Crippen molar-refractivity contribution in [1.82, 2.24) is 9.88 Å². The number of carbonyl (C=O) groups is 2. The second-order valence-corrected chi connectivity index (χ2v) is 7.79. The highest BCUT2D eigenvalue weighted by molar-refractivity contribution is 6.04. The van der Waals surface area contributed by atoms with Gasteiger partial charge in [0.15, 0.2) is 5.78 Å². The molecule has 2 saturated heterocycles. The summed E-state index contributed by atoms with van der Waals surface area (Å²) < 4.78 is 0. The van der Waals surface area contributed by atoms with Crippen LogP contribution in [0.3, 0.4) is 0 Å². The van der Waals surface area contributed by atoms with E-state index in [0.717, 1.165) is 55.3 Å². The van der Waals surface area contributed by atoms with Crippen LogP contribution in [0.15, 0.2) is 0 Å². The third-order valence-corrected chi connectivity index (χ3v) is 6.76. The van der Waals surface area contributed by atoms with Crippen molar-refractivity contribution in [3.63, 3.8) is 0 Å². The molecule has 0 radical (unpaired) electrons. The van der Waals surface area contributed by atoms with Crippen molar-refractivity contribution in [2.45, 2.75) is 70.9 Å². The number of fused-ring (bicyclic) bond motifs is 3. The molecule has 3 aliphatic rings. The number of amides is 1. The van der Waals surface area contributed by atoms with E-state index in [1.54, 1.807) is 0 Å². The number of aryl methyl sites for hydroxylation is 1. The van der Waals surface area contributed by atoms with Crippen LogP contribution in [0.1, 0.15) is 77.6 Å². The number of hydrogen-bond acceptors (Lipinski definition) is 3. The second kappa shape index (κ2) is 5.45. The summed E-state index contributed by atoms with van der Waals surface area (Å²) in [5.74, 6) is 0.178. The van der Waals surface area contributed by atoms with Gasteiger partial charge in [0.2, 0.25) is 0 Å². The molecule has 3 atom stereocenters. The monoisotopic (exact) mass is 330 g/mol. The first kappa shape index (κ1) is 15.9. The van der Waals surface area contributed by atoms with Gasteiger partial charge >= 0.3 is 0 Å². The lowest BCUT2D eigenvalue weighted by atomic mass is 9.72. The number of carbonyl (C=O) groups excluding carboxylic acids is 2. The number of ketones is 1. The molecular weight excluding hydrogens is 304 g/mol. The first-order valence-corrected chi connectivity index (χ1v) is 9.20. The molecule has 2 N–H and O–H groups in total. The van der Waals surface area contributed by atoms with Crippen molar-refractivity contribution < 1.29 is 14.7 Å². The molecular formula is C19H26N2O3. The average molecular weight is 330 g/mol. The standard InChI is InChI=1S/C19H26N2O3/c1-3-19(10-22)9-12-7-8-15(19)21(12)18(24)17-11(2)16-13(20-17)5-4-6-14(16)23/h12,15,20,22H,3-10H2,1-2H3/t12-,15+,19-/m1/s1. The van der Waals surface area contributed by atoms with E-state index in [9.17, 15) is 14.7 Å². The number of hydrogen-bond donors (Lipinski definition) is 2. The molecule has 1 amide bonds. The molecule has 2 fully saturated rings. The summed E-state index contributed by atoms with van der Waals surface area (Å²) >= 11 is 0. The van der Waals surface area contributed by atoms with Crippen LogP contribution in [0, 0.1) is 12.3 Å². The summed E-state index contributed by atoms with van der Waals surface area (Å²) in [5, 5.41) is 9.94. The van der Waals surface area contributed by atoms with Gasteiger partial charge in [0.1, 0.15) is 5.69 Å². The predicted molar refractivity (Wildman–Crippen MR) is 90.2 cm³/mol. The molecule has 0 spiro atoms. The Morgan fingerprint density at radius 1 is 1.38 bits per heavy atom. The van der Waals surface area contributed by atoms with Crippen molar-refractivity contribution in [1.29, 1.82) is 0 Å². The maximum absolute atomic E-state index is 13.3. The number of rotatable bonds is 3. The summed E-state index contributed by atoms with van der Waals surface area (Å²) in [7, 11) is 0. The minimum Gasteiger partial charge on any atom is -0.396 e. The minimum absolute atomic E-state index is 0.0194. The van der Waals surface area contributed by atoms with Crippen LogP contribution in [-0.4, -0.2) is 45.4 Å². The Balaban J connectivity index is 1.70. The van der Waals surface area contributed by atoms with Gasteiger partial charge in [-0.05, 0) is 51.0 Å². The minimum atomic E-state index is -0.144. The third kappa shape index (κ3) is 1.97. The van der Waals surface area contributed by atoms with Gasteiger partial charge in [-0.25, -0.2) is 0 Å². The predicted octanol–water partition coefficient (Wildman–Crippen LogP) is 2.61. The Morgan fingerprint density at radius 2 is 2.17 bits per heavy atom. The smallest absolute Gasteiger partial charge is 0.271 e. The number of H-pyrrole nitrogens is 1. The summed E-state index contributed by atoms with van der Waals surface area (Å²) in [6, 6.07) is 0.352. The molecule has 0 unspecified atom stereocenters. The Labute approximate surface area is 142 Å². The largest absolute Gasteiger partial charge is 0.396 e. The van der Waals surface area contributed by atoms with E-state index in [0.29, 0.717) is 12.1 Å². The summed E-state index contributed by atoms with van der Waals surface area (Å²) in [6.45, 7) is 4.15. The molecule has 0 aromatic carbocycles. The first-order valence-electron chi connectivity index (χ1n) is 9.20. The number of aromatic nitrogens is 1. The quantitative estimate of drug-likeness (QED) is 0.895. The van der Waals surface area contributed by atoms with Gasteiger partial charge in [0, 0.05) is 35.2 Å². The topological polar surface area (TPSA) is 73.4 Å². The Morgan fingerprint density at radius 3 is 2.79 bits per heavy atom. The zero-order chi connectivity index (χ0) is 17.1. The number of aromatic amines is 1. The van der Waals surface area contributed by atoms with Gasteiger partial charge in [-0.2, -0.15) is 0 Å². The van der Waals surface area contributed by atoms with E-state index in [4.69, 9.17) is 0 Å². The van der Waals surface area contributed by atoms with Crippen LogP contribution in [0.5, 0.6) is 0 Å². The Hall–Kier alpha value is -1.62. The molecule has 1 aliphatic carbocycles. The lowest BCUT2D eigenvalue weighted by Gasteiger charge is -2.34. The third-order valence-electron chi connectivity index (χ3n) is 6.76. The average Bonchev–Trinajstić information content (AvgIpc) is 3.24. The molecule has 4 rings (SSSR count). The molecule has 24 heavy (non-hydrogen) atoms. The fourth-order valence-electron chi connectivity index (χ4n) is 5.38. The van der Waals surface area contributed by atoms with Gasteiger partial charge in [-0.3, -0.25) is 9.59 Å². The molecule has 1 aromatic rings. The zero-order valence-corrected chi connectivity index (χ0v) is 14.5. The Kier molecular flexibility index (Phi) is 3.60. The van der Waals surface area contributed by atoms with Crippen LogP contribution < -0.4 is 0 Å². The van der Waals surface area contributed by atoms with Crippen LogP contribution in [0.2, 0.25) is 0 Å². The van der Waals surface area contributed by atoms with Crippen LogP contribution in [0.4, 0.5) is 0 Å². The summed E-state index contributed by atoms with van der Waals surface area (Å²) in [5.41, 5.74) is 2.95. The van der Waals surface area contributed by atoms with Gasteiger partial charge in [-0.1, -0.05) is 6.92 Å². The molecule has 130 valence electrons. The molecule has 2 aliphatic heterocycles. The SMILES string of the molecule is CC[C@]1(CO)C[C@H]2CC[C@@H]1N2C(=O)c1[nH]c2c(c1C)C(=O)CCC2. The zero-order valence-electron chi connectivity index (χ0n) is 14.5. The Bertz CT molecular complexity index is 702. The van der Waals surface area contributed by atoms with E-state index < -0.39 is 0 Å². The van der Waals surface area contributed by atoms with Crippen molar-refractivity contribution in [3.8, 4) is 0 Å². The van der Waals surface area contributed by atoms with Crippen LogP contribution in [0.25, 0.3) is 0 Å². The van der Waals surface area contributed by atoms with Crippen molar-refractivity contribution in [2.24, 2.45) is 5.41 Å². The first-order chi connectivity index (χ1) is 11.5. The maximum Gasteiger partial charge on any atom is 0.271 e. The maximum atomic E-state index is 13.3. The van der Waals surface area contributed by atoms with Gasteiger partial charge < -0.3 is 15.0 Å². The molecule has 2 bridgehead atoms. The van der Waals surface area contributed by atoms with E-state index in [2.05, 4.69) is 11.9 Å². The highest BCUT2D eigenvalue weighted by Crippen LogP contribution is 2.52. The summed E-state index contributed by atoms with van der Waals surface area (Å²) in [4.78, 5) is 30.8. The highest BCUT2D eigenvalue weighted by atomic mass is 16.3. The van der Waals surface area contributed by atoms with Crippen LogP contribution >= 0.6 is 0 Å². The number of nitrogens with zero attached hydrogens (tertiary/aromatic N) is 1. The van der Waals surface area contributed by atoms with Crippen molar-refractivity contribution >= 4 is 11.7 Å². The van der Waals surface area contributed by atoms with Gasteiger partial charge in [-0.15, -0.1) is 0 Å². The van der Waals surface area contributed by atoms with E-state index in [-0.39, 0.29) is 35.8 Å². The van der Waals surface area contributed by atoms with Crippen LogP contribution in [-0.2, 0) is 6.42 Å². The number of Topliss-reactive ketones (excluding diaryl/α,β-unsaturated/α-hetero) is 1. The summed E-state index contributed by atoms with van der Waals surface area (Å²) in [6.07, 6.45) is 6.08. The fraction of sp³-hybridized carbons (Fsp3) is 0.684. The lowest BCUT2D eigenvalue weighted by molar-refractivity contribution is 0.0552. The van der Waals surface area contributed by atoms with Crippen molar-refractivity contribution in [3.05, 3.63) is 22.5 Å². The highest BCUT2D eigenvalue weighted by Gasteiger charge is 2.56. The van der Waals surface area contributed by atoms with Gasteiger partial charge in [0.25, 0.3) is 5.91 Å². The molecule has 1 aromatic heterocycles. The molecule has 5 nitrogen and oxygen atoms in total. The van der Waals surface area contributed by atoms with E-state index >= 15 is 0 Å². The molecule has 5 heteroatoms. The number of nitrogens with one attached hydrogen (secondary N) is 1. The molecule has 0 saturated carbocycles.